The van der Waals surface area contributed by atoms with E-state index in [1.807, 2.05) is 12.1 Å². The molecule has 3 aromatic rings. The largest absolute Gasteiger partial charge is 0.497 e. The van der Waals surface area contributed by atoms with Crippen LogP contribution < -0.4 is 19.1 Å². The van der Waals surface area contributed by atoms with Crippen LogP contribution in [0.25, 0.3) is 0 Å². The van der Waals surface area contributed by atoms with Crippen molar-refractivity contribution < 1.29 is 27.6 Å². The standard InChI is InChI=1S/C24H24ClN3O7S2/c1-34-18-9-12-20(22(15-18)35-2)27(37(32,33)23-6-4-3-5-21(23)28(30)31)16-24(29)26-13-14-36-19-10-7-17(25)8-11-19/h3-12,15H,13-14,16H2,1-2H3,(H,26,29). The molecule has 0 radical (unpaired) electrons. The third-order valence-corrected chi connectivity index (χ3v) is 8.15. The van der Waals surface area contributed by atoms with Crippen LogP contribution in [0.15, 0.2) is 76.5 Å². The summed E-state index contributed by atoms with van der Waals surface area (Å²) in [5.41, 5.74) is -0.591. The van der Waals surface area contributed by atoms with Crippen LogP contribution in [0.3, 0.4) is 0 Å². The van der Waals surface area contributed by atoms with Crippen LogP contribution >= 0.6 is 23.4 Å². The molecule has 0 unspecified atom stereocenters. The quantitative estimate of drug-likeness (QED) is 0.148. The van der Waals surface area contributed by atoms with E-state index in [0.29, 0.717) is 16.5 Å². The SMILES string of the molecule is COc1ccc(N(CC(=O)NCCSc2ccc(Cl)cc2)S(=O)(=O)c2ccccc2[N+](=O)[O-])c(OC)c1. The van der Waals surface area contributed by atoms with Crippen LogP contribution in [-0.2, 0) is 14.8 Å². The maximum absolute atomic E-state index is 13.7. The van der Waals surface area contributed by atoms with Crippen molar-refractivity contribution in [1.29, 1.82) is 0 Å². The van der Waals surface area contributed by atoms with Gasteiger partial charge in [0.25, 0.3) is 15.7 Å². The predicted molar refractivity (Wildman–Crippen MR) is 142 cm³/mol. The van der Waals surface area contributed by atoms with Gasteiger partial charge in [0.15, 0.2) is 4.90 Å². The molecule has 3 rings (SSSR count). The zero-order valence-corrected chi connectivity index (χ0v) is 22.3. The minimum absolute atomic E-state index is 0.0205. The van der Waals surface area contributed by atoms with Crippen LogP contribution in [0.2, 0.25) is 5.02 Å². The number of sulfonamides is 1. The number of nitro benzene ring substituents is 1. The zero-order valence-electron chi connectivity index (χ0n) is 19.9. The topological polar surface area (TPSA) is 128 Å². The molecule has 0 spiro atoms. The number of ether oxygens (including phenoxy) is 2. The number of carbonyl (C=O) groups excluding carboxylic acids is 1. The van der Waals surface area contributed by atoms with Gasteiger partial charge in [-0.15, -0.1) is 11.8 Å². The van der Waals surface area contributed by atoms with Crippen LogP contribution in [0, 0.1) is 10.1 Å². The number of anilines is 1. The van der Waals surface area contributed by atoms with Gasteiger partial charge >= 0.3 is 0 Å². The normalized spacial score (nSPS) is 11.0. The summed E-state index contributed by atoms with van der Waals surface area (Å²) in [6, 6.07) is 16.5. The summed E-state index contributed by atoms with van der Waals surface area (Å²) in [5, 5.41) is 14.9. The summed E-state index contributed by atoms with van der Waals surface area (Å²) in [6.07, 6.45) is 0. The molecule has 0 aliphatic heterocycles. The summed E-state index contributed by atoms with van der Waals surface area (Å²) in [5.74, 6) is 0.424. The Balaban J connectivity index is 1.87. The Labute approximate surface area is 223 Å². The second-order valence-corrected chi connectivity index (χ2v) is 10.9. The smallest absolute Gasteiger partial charge is 0.289 e. The van der Waals surface area contributed by atoms with Gasteiger partial charge < -0.3 is 14.8 Å². The van der Waals surface area contributed by atoms with Gasteiger partial charge in [-0.1, -0.05) is 23.7 Å². The number of para-hydroxylation sites is 1. The number of thioether (sulfide) groups is 1. The molecule has 0 heterocycles. The van der Waals surface area contributed by atoms with Crippen LogP contribution in [-0.4, -0.2) is 52.3 Å². The number of nitro groups is 1. The van der Waals surface area contributed by atoms with E-state index in [1.165, 1.54) is 56.3 Å². The number of hydrogen-bond acceptors (Lipinski definition) is 8. The number of amides is 1. The molecule has 3 aromatic carbocycles. The van der Waals surface area contributed by atoms with Gasteiger partial charge in [-0.05, 0) is 42.5 Å². The summed E-state index contributed by atoms with van der Waals surface area (Å²) in [7, 11) is -1.79. The number of hydrogen-bond donors (Lipinski definition) is 1. The molecule has 0 saturated heterocycles. The molecule has 13 heteroatoms. The van der Waals surface area contributed by atoms with Crippen LogP contribution in [0.5, 0.6) is 11.5 Å². The lowest BCUT2D eigenvalue weighted by Crippen LogP contribution is -2.41. The first-order chi connectivity index (χ1) is 17.7. The molecule has 10 nitrogen and oxygen atoms in total. The molecule has 0 fully saturated rings. The summed E-state index contributed by atoms with van der Waals surface area (Å²) >= 11 is 7.38. The lowest BCUT2D eigenvalue weighted by molar-refractivity contribution is -0.387. The Morgan fingerprint density at radius 1 is 1.08 bits per heavy atom. The fraction of sp³-hybridized carbons (Fsp3) is 0.208. The first kappa shape index (κ1) is 28.1. The number of nitrogens with one attached hydrogen (secondary N) is 1. The van der Waals surface area contributed by atoms with Crippen molar-refractivity contribution in [3.05, 3.63) is 81.9 Å². The van der Waals surface area contributed by atoms with Gasteiger partial charge in [0.1, 0.15) is 18.0 Å². The van der Waals surface area contributed by atoms with Crippen molar-refractivity contribution in [3.8, 4) is 11.5 Å². The maximum Gasteiger partial charge on any atom is 0.289 e. The second kappa shape index (κ2) is 12.7. The molecule has 0 saturated carbocycles. The first-order valence-electron chi connectivity index (χ1n) is 10.8. The van der Waals surface area contributed by atoms with Crippen molar-refractivity contribution in [1.82, 2.24) is 5.32 Å². The number of methoxy groups -OCH3 is 2. The van der Waals surface area contributed by atoms with E-state index >= 15 is 0 Å². The van der Waals surface area contributed by atoms with Crippen molar-refractivity contribution in [3.63, 3.8) is 0 Å². The van der Waals surface area contributed by atoms with Gasteiger partial charge in [0.2, 0.25) is 5.91 Å². The third-order valence-electron chi connectivity index (χ3n) is 5.08. The molecule has 37 heavy (non-hydrogen) atoms. The molecule has 1 amide bonds. The second-order valence-electron chi connectivity index (χ2n) is 7.43. The highest BCUT2D eigenvalue weighted by Crippen LogP contribution is 2.37. The van der Waals surface area contributed by atoms with E-state index in [2.05, 4.69) is 5.32 Å². The van der Waals surface area contributed by atoms with Gasteiger partial charge in [-0.3, -0.25) is 19.2 Å². The Morgan fingerprint density at radius 2 is 1.78 bits per heavy atom. The van der Waals surface area contributed by atoms with E-state index in [4.69, 9.17) is 21.1 Å². The lowest BCUT2D eigenvalue weighted by atomic mass is 10.2. The molecule has 0 aliphatic rings. The predicted octanol–water partition coefficient (Wildman–Crippen LogP) is 4.37. The van der Waals surface area contributed by atoms with Gasteiger partial charge in [-0.2, -0.15) is 0 Å². The lowest BCUT2D eigenvalue weighted by Gasteiger charge is -2.25. The minimum Gasteiger partial charge on any atom is -0.497 e. The van der Waals surface area contributed by atoms with Crippen LogP contribution in [0.4, 0.5) is 11.4 Å². The van der Waals surface area contributed by atoms with Crippen molar-refractivity contribution in [2.24, 2.45) is 0 Å². The van der Waals surface area contributed by atoms with E-state index in [-0.39, 0.29) is 18.0 Å². The molecular formula is C24H24ClN3O7S2. The average molecular weight is 566 g/mol. The van der Waals surface area contributed by atoms with Gasteiger partial charge in [0, 0.05) is 34.3 Å². The Kier molecular flexibility index (Phi) is 9.61. The van der Waals surface area contributed by atoms with Gasteiger partial charge in [-0.25, -0.2) is 8.42 Å². The van der Waals surface area contributed by atoms with E-state index in [9.17, 15) is 23.3 Å². The molecule has 0 aromatic heterocycles. The number of benzene rings is 3. The molecule has 196 valence electrons. The van der Waals surface area contributed by atoms with Crippen LogP contribution in [0.1, 0.15) is 0 Å². The summed E-state index contributed by atoms with van der Waals surface area (Å²) in [6.45, 7) is -0.381. The van der Waals surface area contributed by atoms with Crippen molar-refractivity contribution in [2.45, 2.75) is 9.79 Å². The fourth-order valence-electron chi connectivity index (χ4n) is 3.31. The summed E-state index contributed by atoms with van der Waals surface area (Å²) in [4.78, 5) is 24.0. The maximum atomic E-state index is 13.7. The number of rotatable bonds is 12. The average Bonchev–Trinajstić information content (AvgIpc) is 2.90. The van der Waals surface area contributed by atoms with E-state index < -0.39 is 38.0 Å². The number of halogens is 1. The summed E-state index contributed by atoms with van der Waals surface area (Å²) < 4.78 is 38.7. The number of carbonyl (C=O) groups is 1. The Hall–Kier alpha value is -3.48. The van der Waals surface area contributed by atoms with E-state index in [1.54, 1.807) is 12.1 Å². The molecule has 0 atom stereocenters. The zero-order chi connectivity index (χ0) is 27.0. The van der Waals surface area contributed by atoms with Crippen molar-refractivity contribution in [2.75, 3.05) is 37.4 Å². The van der Waals surface area contributed by atoms with E-state index in [0.717, 1.165) is 21.3 Å². The Morgan fingerprint density at radius 3 is 2.43 bits per heavy atom. The number of nitrogens with zero attached hydrogens (tertiary/aromatic N) is 2. The highest BCUT2D eigenvalue weighted by Gasteiger charge is 2.34. The first-order valence-corrected chi connectivity index (χ1v) is 13.6. The molecule has 0 bridgehead atoms. The fourth-order valence-corrected chi connectivity index (χ4v) is 5.80. The molecule has 0 aliphatic carbocycles. The van der Waals surface area contributed by atoms with Gasteiger partial charge in [0.05, 0.1) is 24.8 Å². The molecule has 1 N–H and O–H groups in total. The Bertz CT molecular complexity index is 1370. The highest BCUT2D eigenvalue weighted by atomic mass is 35.5. The van der Waals surface area contributed by atoms with Crippen molar-refractivity contribution >= 4 is 50.7 Å². The third kappa shape index (κ3) is 7.06. The molecular weight excluding hydrogens is 542 g/mol. The monoisotopic (exact) mass is 565 g/mol. The minimum atomic E-state index is -4.56. The highest BCUT2D eigenvalue weighted by molar-refractivity contribution is 7.99.